The lowest BCUT2D eigenvalue weighted by Gasteiger charge is -1.98. The van der Waals surface area contributed by atoms with Gasteiger partial charge in [0.1, 0.15) is 0 Å². The van der Waals surface area contributed by atoms with Crippen molar-refractivity contribution in [3.05, 3.63) is 34.3 Å². The highest BCUT2D eigenvalue weighted by Gasteiger charge is 2.06. The molecule has 0 aliphatic carbocycles. The number of hydrogen-bond donors (Lipinski definition) is 1. The normalized spacial score (nSPS) is 8.62. The molecule has 2 nitrogen and oxygen atoms in total. The molecule has 0 saturated heterocycles. The molecule has 72 valence electrons. The first-order valence-corrected chi connectivity index (χ1v) is 4.48. The Bertz CT molecular complexity index is 295. The zero-order chi connectivity index (χ0) is 10.4. The van der Waals surface area contributed by atoms with E-state index in [0.29, 0.717) is 0 Å². The Labute approximate surface area is 83.2 Å². The fourth-order valence-corrected chi connectivity index (χ4v) is 1.11. The number of rotatable bonds is 1. The van der Waals surface area contributed by atoms with Gasteiger partial charge in [0.05, 0.1) is 10.6 Å². The molecule has 0 amide bonds. The Morgan fingerprint density at radius 2 is 1.92 bits per heavy atom. The Morgan fingerprint density at radius 3 is 2.31 bits per heavy atom. The second-order valence-corrected chi connectivity index (χ2v) is 2.70. The zero-order valence-electron chi connectivity index (χ0n) is 7.97. The van der Waals surface area contributed by atoms with Gasteiger partial charge in [0.15, 0.2) is 0 Å². The number of carbonyl (C=O) groups is 1. The second kappa shape index (κ2) is 5.60. The lowest BCUT2D eigenvalue weighted by Crippen LogP contribution is -1.96. The summed E-state index contributed by atoms with van der Waals surface area (Å²) in [6, 6.07) is 4.85. The van der Waals surface area contributed by atoms with Crippen LogP contribution in [0, 0.1) is 6.92 Å². The Hall–Kier alpha value is -1.02. The van der Waals surface area contributed by atoms with E-state index in [-0.39, 0.29) is 10.6 Å². The number of benzene rings is 1. The number of hydrogen-bond acceptors (Lipinski definition) is 1. The molecular formula is C10H13ClO2. The van der Waals surface area contributed by atoms with E-state index in [0.717, 1.165) is 5.56 Å². The summed E-state index contributed by atoms with van der Waals surface area (Å²) in [5.74, 6) is -0.991. The topological polar surface area (TPSA) is 37.3 Å². The summed E-state index contributed by atoms with van der Waals surface area (Å²) < 4.78 is 0. The lowest BCUT2D eigenvalue weighted by atomic mass is 10.1. The Kier molecular flexibility index (Phi) is 5.16. The van der Waals surface area contributed by atoms with Crippen molar-refractivity contribution in [3.63, 3.8) is 0 Å². The zero-order valence-corrected chi connectivity index (χ0v) is 8.72. The first kappa shape index (κ1) is 12.0. The van der Waals surface area contributed by atoms with Crippen molar-refractivity contribution < 1.29 is 9.90 Å². The van der Waals surface area contributed by atoms with Crippen LogP contribution < -0.4 is 0 Å². The van der Waals surface area contributed by atoms with Gasteiger partial charge in [-0.3, -0.25) is 0 Å². The average Bonchev–Trinajstić information content (AvgIpc) is 2.07. The molecule has 0 saturated carbocycles. The van der Waals surface area contributed by atoms with Crippen LogP contribution in [0.15, 0.2) is 18.2 Å². The lowest BCUT2D eigenvalue weighted by molar-refractivity contribution is 0.0697. The van der Waals surface area contributed by atoms with Crippen LogP contribution >= 0.6 is 11.6 Å². The number of aryl methyl sites for hydroxylation is 1. The monoisotopic (exact) mass is 200 g/mol. The highest BCUT2D eigenvalue weighted by Crippen LogP contribution is 2.16. The highest BCUT2D eigenvalue weighted by atomic mass is 35.5. The van der Waals surface area contributed by atoms with E-state index in [1.165, 1.54) is 6.07 Å². The first-order chi connectivity index (χ1) is 6.11. The van der Waals surface area contributed by atoms with Gasteiger partial charge in [-0.25, -0.2) is 4.79 Å². The average molecular weight is 201 g/mol. The molecule has 0 aliphatic rings. The molecule has 1 aromatic rings. The summed E-state index contributed by atoms with van der Waals surface area (Å²) in [6.07, 6.45) is 0. The molecule has 3 heteroatoms. The van der Waals surface area contributed by atoms with Crippen molar-refractivity contribution in [2.45, 2.75) is 20.8 Å². The smallest absolute Gasteiger partial charge is 0.337 e. The van der Waals surface area contributed by atoms with Gasteiger partial charge in [0, 0.05) is 0 Å². The van der Waals surface area contributed by atoms with Crippen molar-refractivity contribution in [3.8, 4) is 0 Å². The molecule has 1 rings (SSSR count). The molecule has 0 aromatic heterocycles. The number of carboxylic acids is 1. The maximum Gasteiger partial charge on any atom is 0.337 e. The summed E-state index contributed by atoms with van der Waals surface area (Å²) in [5.41, 5.74) is 1.11. The number of carboxylic acid groups (broad SMARTS) is 1. The summed E-state index contributed by atoms with van der Waals surface area (Å²) in [6.45, 7) is 5.86. The van der Waals surface area contributed by atoms with E-state index < -0.39 is 5.97 Å². The van der Waals surface area contributed by atoms with Gasteiger partial charge >= 0.3 is 5.97 Å². The minimum atomic E-state index is -0.991. The van der Waals surface area contributed by atoms with Gasteiger partial charge in [-0.05, 0) is 24.6 Å². The Morgan fingerprint density at radius 1 is 1.38 bits per heavy atom. The molecule has 0 heterocycles. The third-order valence-electron chi connectivity index (χ3n) is 1.35. The van der Waals surface area contributed by atoms with E-state index >= 15 is 0 Å². The standard InChI is InChI=1S/C8H7ClO2.C2H6/c1-5-2-3-6(8(10)11)7(9)4-5;1-2/h2-4H,1H3,(H,10,11);1-2H3. The van der Waals surface area contributed by atoms with E-state index in [9.17, 15) is 4.79 Å². The van der Waals surface area contributed by atoms with Crippen molar-refractivity contribution in [2.75, 3.05) is 0 Å². The summed E-state index contributed by atoms with van der Waals surface area (Å²) in [5, 5.41) is 8.86. The van der Waals surface area contributed by atoms with Crippen molar-refractivity contribution >= 4 is 17.6 Å². The van der Waals surface area contributed by atoms with Gasteiger partial charge in [-0.2, -0.15) is 0 Å². The van der Waals surface area contributed by atoms with E-state index in [4.69, 9.17) is 16.7 Å². The maximum absolute atomic E-state index is 10.4. The fourth-order valence-electron chi connectivity index (χ4n) is 0.794. The van der Waals surface area contributed by atoms with Gasteiger partial charge in [0.25, 0.3) is 0 Å². The largest absolute Gasteiger partial charge is 0.478 e. The van der Waals surface area contributed by atoms with Crippen LogP contribution in [0.1, 0.15) is 29.8 Å². The molecule has 13 heavy (non-hydrogen) atoms. The van der Waals surface area contributed by atoms with Crippen LogP contribution in [-0.4, -0.2) is 11.1 Å². The third kappa shape index (κ3) is 3.47. The maximum atomic E-state index is 10.4. The predicted molar refractivity (Wildman–Crippen MR) is 54.5 cm³/mol. The molecule has 0 atom stereocenters. The third-order valence-corrected chi connectivity index (χ3v) is 1.67. The number of halogens is 1. The molecular weight excluding hydrogens is 188 g/mol. The van der Waals surface area contributed by atoms with Crippen molar-refractivity contribution in [1.29, 1.82) is 0 Å². The molecule has 0 bridgehead atoms. The molecule has 0 radical (unpaired) electrons. The quantitative estimate of drug-likeness (QED) is 0.755. The molecule has 1 aromatic carbocycles. The van der Waals surface area contributed by atoms with Crippen LogP contribution in [0.3, 0.4) is 0 Å². The predicted octanol–water partition coefficient (Wildman–Crippen LogP) is 3.37. The first-order valence-electron chi connectivity index (χ1n) is 4.10. The van der Waals surface area contributed by atoms with Crippen LogP contribution in [0.5, 0.6) is 0 Å². The van der Waals surface area contributed by atoms with Gasteiger partial charge in [-0.15, -0.1) is 0 Å². The molecule has 0 spiro atoms. The van der Waals surface area contributed by atoms with Crippen LogP contribution in [0.25, 0.3) is 0 Å². The van der Waals surface area contributed by atoms with E-state index in [1.807, 2.05) is 20.8 Å². The van der Waals surface area contributed by atoms with Crippen molar-refractivity contribution in [2.24, 2.45) is 0 Å². The molecule has 0 aliphatic heterocycles. The van der Waals surface area contributed by atoms with Crippen molar-refractivity contribution in [1.82, 2.24) is 0 Å². The van der Waals surface area contributed by atoms with Gasteiger partial charge in [-0.1, -0.05) is 31.5 Å². The minimum absolute atomic E-state index is 0.150. The van der Waals surface area contributed by atoms with Crippen LogP contribution in [0.2, 0.25) is 5.02 Å². The molecule has 1 N–H and O–H groups in total. The summed E-state index contributed by atoms with van der Waals surface area (Å²) in [4.78, 5) is 10.4. The van der Waals surface area contributed by atoms with E-state index in [2.05, 4.69) is 0 Å². The molecule has 0 unspecified atom stereocenters. The highest BCUT2D eigenvalue weighted by molar-refractivity contribution is 6.33. The Balaban J connectivity index is 0.000000671. The molecule has 0 fully saturated rings. The van der Waals surface area contributed by atoms with Crippen LogP contribution in [-0.2, 0) is 0 Å². The van der Waals surface area contributed by atoms with Crippen LogP contribution in [0.4, 0.5) is 0 Å². The number of aromatic carboxylic acids is 1. The SMILES string of the molecule is CC.Cc1ccc(C(=O)O)c(Cl)c1. The minimum Gasteiger partial charge on any atom is -0.478 e. The van der Waals surface area contributed by atoms with Gasteiger partial charge < -0.3 is 5.11 Å². The van der Waals surface area contributed by atoms with E-state index in [1.54, 1.807) is 12.1 Å². The fraction of sp³-hybridized carbons (Fsp3) is 0.300. The van der Waals surface area contributed by atoms with Gasteiger partial charge in [0.2, 0.25) is 0 Å². The summed E-state index contributed by atoms with van der Waals surface area (Å²) >= 11 is 5.64. The summed E-state index contributed by atoms with van der Waals surface area (Å²) in [7, 11) is 0. The second-order valence-electron chi connectivity index (χ2n) is 2.29.